The number of carbonyl (C=O) groups is 1. The first-order valence-electron chi connectivity index (χ1n) is 10.3. The van der Waals surface area contributed by atoms with Gasteiger partial charge in [0.15, 0.2) is 0 Å². The molecule has 2 N–H and O–H groups in total. The van der Waals surface area contributed by atoms with Crippen molar-refractivity contribution in [2.75, 3.05) is 13.2 Å². The number of amides is 1. The molecular weight excluding hydrogens is 420 g/mol. The zero-order chi connectivity index (χ0) is 23.3. The number of rotatable bonds is 9. The maximum Gasteiger partial charge on any atom is 0.345 e. The maximum atomic E-state index is 12.7. The van der Waals surface area contributed by atoms with Gasteiger partial charge in [0.25, 0.3) is 0 Å². The highest BCUT2D eigenvalue weighted by Crippen LogP contribution is 2.26. The van der Waals surface area contributed by atoms with Crippen molar-refractivity contribution in [3.05, 3.63) is 64.5 Å². The Morgan fingerprint density at radius 1 is 1.25 bits per heavy atom. The van der Waals surface area contributed by atoms with E-state index >= 15 is 0 Å². The lowest BCUT2D eigenvalue weighted by Gasteiger charge is -2.30. The number of aryl methyl sites for hydroxylation is 1. The molecule has 0 saturated heterocycles. The van der Waals surface area contributed by atoms with Crippen LogP contribution in [0.15, 0.2) is 41.5 Å². The number of aliphatic imine (C=N–C) groups is 1. The van der Waals surface area contributed by atoms with Crippen molar-refractivity contribution in [3.8, 4) is 0 Å². The SMILES string of the molecule is Cc1ccc([C@H](NC(=O)Cc2cc3c(cn2)C(OCCOC(F)F)=NC3)C(C)(C)O)cc1. The summed E-state index contributed by atoms with van der Waals surface area (Å²) in [6.45, 7) is 2.48. The van der Waals surface area contributed by atoms with Crippen molar-refractivity contribution < 1.29 is 28.2 Å². The molecule has 0 bridgehead atoms. The van der Waals surface area contributed by atoms with Gasteiger partial charge in [0.2, 0.25) is 11.8 Å². The number of benzene rings is 1. The third-order valence-corrected chi connectivity index (χ3v) is 5.00. The highest BCUT2D eigenvalue weighted by atomic mass is 19.3. The summed E-state index contributed by atoms with van der Waals surface area (Å²) < 4.78 is 33.6. The Morgan fingerprint density at radius 2 is 1.97 bits per heavy atom. The van der Waals surface area contributed by atoms with E-state index in [4.69, 9.17) is 4.74 Å². The minimum atomic E-state index is -2.84. The maximum absolute atomic E-state index is 12.7. The third-order valence-electron chi connectivity index (χ3n) is 5.00. The van der Waals surface area contributed by atoms with Crippen molar-refractivity contribution in [1.29, 1.82) is 0 Å². The Labute approximate surface area is 185 Å². The van der Waals surface area contributed by atoms with Gasteiger partial charge in [-0.15, -0.1) is 0 Å². The number of nitrogens with zero attached hydrogens (tertiary/aromatic N) is 2. The molecule has 1 aromatic heterocycles. The van der Waals surface area contributed by atoms with Gasteiger partial charge in [-0.05, 0) is 38.0 Å². The summed E-state index contributed by atoms with van der Waals surface area (Å²) in [7, 11) is 0. The fourth-order valence-electron chi connectivity index (χ4n) is 3.41. The molecule has 0 spiro atoms. The molecule has 0 radical (unpaired) electrons. The summed E-state index contributed by atoms with van der Waals surface area (Å²) >= 11 is 0. The number of pyridine rings is 1. The molecule has 1 aliphatic heterocycles. The molecule has 2 heterocycles. The number of hydrogen-bond acceptors (Lipinski definition) is 6. The van der Waals surface area contributed by atoms with Gasteiger partial charge in [0.1, 0.15) is 6.61 Å². The lowest BCUT2D eigenvalue weighted by atomic mass is 9.91. The molecule has 1 aromatic carbocycles. The highest BCUT2D eigenvalue weighted by Gasteiger charge is 2.30. The van der Waals surface area contributed by atoms with Crippen molar-refractivity contribution in [2.24, 2.45) is 4.99 Å². The predicted octanol–water partition coefficient (Wildman–Crippen LogP) is 3.08. The number of aromatic nitrogens is 1. The Hall–Kier alpha value is -2.91. The minimum Gasteiger partial charge on any atom is -0.475 e. The van der Waals surface area contributed by atoms with E-state index in [0.29, 0.717) is 23.7 Å². The van der Waals surface area contributed by atoms with E-state index < -0.39 is 18.3 Å². The second-order valence-electron chi connectivity index (χ2n) is 8.18. The predicted molar refractivity (Wildman–Crippen MR) is 114 cm³/mol. The van der Waals surface area contributed by atoms with Crippen LogP contribution in [0.25, 0.3) is 0 Å². The topological polar surface area (TPSA) is 93.0 Å². The number of ether oxygens (including phenoxy) is 2. The molecule has 7 nitrogen and oxygen atoms in total. The molecule has 172 valence electrons. The Balaban J connectivity index is 1.61. The normalized spacial score (nSPS) is 14.2. The van der Waals surface area contributed by atoms with E-state index in [1.165, 1.54) is 0 Å². The number of halogens is 2. The Morgan fingerprint density at radius 3 is 2.62 bits per heavy atom. The molecule has 0 aliphatic carbocycles. The number of carbonyl (C=O) groups excluding carboxylic acids is 1. The summed E-state index contributed by atoms with van der Waals surface area (Å²) in [5, 5.41) is 13.5. The average molecular weight is 447 g/mol. The lowest BCUT2D eigenvalue weighted by Crippen LogP contribution is -2.42. The molecule has 9 heteroatoms. The molecule has 3 rings (SSSR count). The first-order chi connectivity index (χ1) is 15.1. The molecule has 32 heavy (non-hydrogen) atoms. The first kappa shape index (κ1) is 23.7. The van der Waals surface area contributed by atoms with Crippen LogP contribution in [0, 0.1) is 6.92 Å². The van der Waals surface area contributed by atoms with Crippen LogP contribution in [0.1, 0.15) is 47.8 Å². The van der Waals surface area contributed by atoms with Crippen molar-refractivity contribution in [1.82, 2.24) is 10.3 Å². The highest BCUT2D eigenvalue weighted by molar-refractivity contribution is 5.97. The fourth-order valence-corrected chi connectivity index (χ4v) is 3.41. The van der Waals surface area contributed by atoms with Gasteiger partial charge in [0, 0.05) is 6.20 Å². The molecule has 0 unspecified atom stereocenters. The lowest BCUT2D eigenvalue weighted by molar-refractivity contribution is -0.134. The standard InChI is InChI=1S/C23H27F2N3O4/c1-14-4-6-15(7-5-14)20(23(2,3)30)28-19(29)11-17-10-16-12-27-21(18(16)13-26-17)31-8-9-32-22(24)25/h4-7,10,13,20,22,30H,8-9,11-12H2,1-3H3,(H,28,29)/t20-/m0/s1. The summed E-state index contributed by atoms with van der Waals surface area (Å²) in [6.07, 6.45) is 1.59. The van der Waals surface area contributed by atoms with Gasteiger partial charge in [-0.25, -0.2) is 4.99 Å². The number of nitrogens with one attached hydrogen (secondary N) is 1. The van der Waals surface area contributed by atoms with Crippen LogP contribution in [-0.2, 0) is 27.2 Å². The van der Waals surface area contributed by atoms with Crippen LogP contribution in [0.4, 0.5) is 8.78 Å². The molecule has 1 amide bonds. The monoisotopic (exact) mass is 447 g/mol. The van der Waals surface area contributed by atoms with Gasteiger partial charge < -0.3 is 19.9 Å². The van der Waals surface area contributed by atoms with Crippen LogP contribution < -0.4 is 5.32 Å². The second kappa shape index (κ2) is 10.1. The molecule has 0 saturated carbocycles. The molecule has 1 aliphatic rings. The van der Waals surface area contributed by atoms with Gasteiger partial charge in [-0.3, -0.25) is 9.78 Å². The molecular formula is C23H27F2N3O4. The van der Waals surface area contributed by atoms with E-state index in [-0.39, 0.29) is 25.5 Å². The molecule has 2 aromatic rings. The van der Waals surface area contributed by atoms with E-state index in [2.05, 4.69) is 20.0 Å². The zero-order valence-electron chi connectivity index (χ0n) is 18.3. The third kappa shape index (κ3) is 6.30. The van der Waals surface area contributed by atoms with Crippen LogP contribution in [-0.4, -0.2) is 47.3 Å². The number of hydrogen-bond donors (Lipinski definition) is 2. The van der Waals surface area contributed by atoms with Crippen LogP contribution in [0.2, 0.25) is 0 Å². The molecule has 0 fully saturated rings. The summed E-state index contributed by atoms with van der Waals surface area (Å²) in [6, 6.07) is 8.83. The summed E-state index contributed by atoms with van der Waals surface area (Å²) in [5.74, 6) is 0.0486. The Bertz CT molecular complexity index is 972. The van der Waals surface area contributed by atoms with E-state index in [1.54, 1.807) is 26.1 Å². The van der Waals surface area contributed by atoms with Gasteiger partial charge >= 0.3 is 6.61 Å². The van der Waals surface area contributed by atoms with Crippen molar-refractivity contribution >= 4 is 11.8 Å². The van der Waals surface area contributed by atoms with E-state index in [0.717, 1.165) is 16.7 Å². The fraction of sp³-hybridized carbons (Fsp3) is 0.435. The summed E-state index contributed by atoms with van der Waals surface area (Å²) in [4.78, 5) is 21.3. The zero-order valence-corrected chi connectivity index (χ0v) is 18.3. The number of fused-ring (bicyclic) bond motifs is 1. The largest absolute Gasteiger partial charge is 0.475 e. The molecule has 1 atom stereocenters. The second-order valence-corrected chi connectivity index (χ2v) is 8.18. The Kier molecular flexibility index (Phi) is 7.52. The van der Waals surface area contributed by atoms with E-state index in [9.17, 15) is 18.7 Å². The van der Waals surface area contributed by atoms with Crippen molar-refractivity contribution in [2.45, 2.75) is 52.0 Å². The quantitative estimate of drug-likeness (QED) is 0.577. The van der Waals surface area contributed by atoms with Crippen LogP contribution in [0.3, 0.4) is 0 Å². The average Bonchev–Trinajstić information content (AvgIpc) is 3.11. The van der Waals surface area contributed by atoms with E-state index in [1.807, 2.05) is 31.2 Å². The number of aliphatic hydroxyl groups is 1. The van der Waals surface area contributed by atoms with Crippen LogP contribution in [0.5, 0.6) is 0 Å². The van der Waals surface area contributed by atoms with Crippen LogP contribution >= 0.6 is 0 Å². The summed E-state index contributed by atoms with van der Waals surface area (Å²) in [5.41, 5.74) is 2.79. The van der Waals surface area contributed by atoms with Gasteiger partial charge in [-0.2, -0.15) is 8.78 Å². The van der Waals surface area contributed by atoms with Gasteiger partial charge in [0.05, 0.1) is 42.5 Å². The number of alkyl halides is 2. The first-order valence-corrected chi connectivity index (χ1v) is 10.3. The minimum absolute atomic E-state index is 0.0319. The van der Waals surface area contributed by atoms with Gasteiger partial charge in [-0.1, -0.05) is 29.8 Å². The van der Waals surface area contributed by atoms with Crippen molar-refractivity contribution in [3.63, 3.8) is 0 Å². The smallest absolute Gasteiger partial charge is 0.345 e.